The van der Waals surface area contributed by atoms with Crippen molar-refractivity contribution in [3.8, 4) is 5.75 Å². The van der Waals surface area contributed by atoms with Crippen molar-refractivity contribution in [1.29, 1.82) is 0 Å². The average Bonchev–Trinajstić information content (AvgIpc) is 2.40. The molecule has 0 radical (unpaired) electrons. The molecule has 0 N–H and O–H groups in total. The molecule has 0 aliphatic carbocycles. The van der Waals surface area contributed by atoms with E-state index in [9.17, 15) is 18.0 Å². The molecule has 0 aliphatic rings. The van der Waals surface area contributed by atoms with E-state index >= 15 is 0 Å². The Morgan fingerprint density at radius 2 is 1.67 bits per heavy atom. The summed E-state index contributed by atoms with van der Waals surface area (Å²) < 4.78 is 40.6. The maximum Gasteiger partial charge on any atom is 0.573 e. The van der Waals surface area contributed by atoms with Crippen LogP contribution in [0.5, 0.6) is 5.75 Å². The smallest absolute Gasteiger partial charge is 0.406 e. The number of hydrogen-bond donors (Lipinski definition) is 0. The summed E-state index contributed by atoms with van der Waals surface area (Å²) in [5.41, 5.74) is 1.15. The maximum atomic E-state index is 12.1. The molecule has 0 aromatic heterocycles. The molecule has 2 rings (SSSR count). The first-order chi connectivity index (χ1) is 9.85. The minimum Gasteiger partial charge on any atom is -0.406 e. The van der Waals surface area contributed by atoms with Crippen molar-refractivity contribution in [1.82, 2.24) is 0 Å². The molecule has 6 heteroatoms. The fourth-order valence-corrected chi connectivity index (χ4v) is 2.28. The van der Waals surface area contributed by atoms with Crippen LogP contribution in [0, 0.1) is 0 Å². The third-order valence-electron chi connectivity index (χ3n) is 2.70. The lowest BCUT2D eigenvalue weighted by Gasteiger charge is -2.09. The van der Waals surface area contributed by atoms with Gasteiger partial charge >= 0.3 is 6.36 Å². The van der Waals surface area contributed by atoms with Crippen molar-refractivity contribution < 1.29 is 22.7 Å². The molecule has 0 fully saturated rings. The quantitative estimate of drug-likeness (QED) is 0.735. The molecule has 0 saturated carbocycles. The zero-order valence-electron chi connectivity index (χ0n) is 10.7. The highest BCUT2D eigenvalue weighted by molar-refractivity contribution is 9.10. The van der Waals surface area contributed by atoms with Gasteiger partial charge in [-0.05, 0) is 23.8 Å². The highest BCUT2D eigenvalue weighted by Crippen LogP contribution is 2.23. The SMILES string of the molecule is O=C(Cc1ccc(OC(F)(F)F)cc1)c1ccccc1Br. The van der Waals surface area contributed by atoms with Gasteiger partial charge in [0.1, 0.15) is 5.75 Å². The Morgan fingerprint density at radius 1 is 1.05 bits per heavy atom. The number of halogens is 4. The maximum absolute atomic E-state index is 12.1. The summed E-state index contributed by atoms with van der Waals surface area (Å²) in [5, 5.41) is 0. The van der Waals surface area contributed by atoms with Gasteiger partial charge in [0.25, 0.3) is 0 Å². The summed E-state index contributed by atoms with van der Waals surface area (Å²) in [6.45, 7) is 0. The number of ketones is 1. The van der Waals surface area contributed by atoms with Crippen LogP contribution in [-0.2, 0) is 6.42 Å². The van der Waals surface area contributed by atoms with Crippen LogP contribution in [-0.4, -0.2) is 12.1 Å². The summed E-state index contributed by atoms with van der Waals surface area (Å²) in [6, 6.07) is 12.3. The van der Waals surface area contributed by atoms with Gasteiger partial charge in [0, 0.05) is 16.5 Å². The third-order valence-corrected chi connectivity index (χ3v) is 3.39. The van der Waals surface area contributed by atoms with Crippen LogP contribution in [0.3, 0.4) is 0 Å². The second-order valence-corrected chi connectivity index (χ2v) is 5.13. The lowest BCUT2D eigenvalue weighted by molar-refractivity contribution is -0.274. The predicted octanol–water partition coefficient (Wildman–Crippen LogP) is 4.77. The average molecular weight is 359 g/mol. The number of carbonyl (C=O) groups excluding carboxylic acids is 1. The zero-order valence-corrected chi connectivity index (χ0v) is 12.2. The van der Waals surface area contributed by atoms with Crippen LogP contribution in [0.1, 0.15) is 15.9 Å². The summed E-state index contributed by atoms with van der Waals surface area (Å²) in [6.07, 6.45) is -4.61. The van der Waals surface area contributed by atoms with Gasteiger partial charge in [-0.15, -0.1) is 13.2 Å². The van der Waals surface area contributed by atoms with E-state index in [4.69, 9.17) is 0 Å². The first-order valence-corrected chi connectivity index (χ1v) is 6.77. The Bertz CT molecular complexity index is 636. The molecule has 2 aromatic carbocycles. The van der Waals surface area contributed by atoms with Crippen molar-refractivity contribution in [2.24, 2.45) is 0 Å². The molecular weight excluding hydrogens is 349 g/mol. The van der Waals surface area contributed by atoms with Gasteiger partial charge in [-0.25, -0.2) is 0 Å². The molecule has 0 unspecified atom stereocenters. The number of rotatable bonds is 4. The van der Waals surface area contributed by atoms with Gasteiger partial charge < -0.3 is 4.74 Å². The van der Waals surface area contributed by atoms with Crippen LogP contribution >= 0.6 is 15.9 Å². The molecule has 110 valence electrons. The van der Waals surface area contributed by atoms with E-state index in [1.807, 2.05) is 0 Å². The molecule has 0 atom stereocenters. The Labute approximate surface area is 127 Å². The molecule has 0 spiro atoms. The normalized spacial score (nSPS) is 11.2. The standard InChI is InChI=1S/C15H10BrF3O2/c16-13-4-2-1-3-12(13)14(20)9-10-5-7-11(8-6-10)21-15(17,18)19/h1-8H,9H2. The molecule has 21 heavy (non-hydrogen) atoms. The van der Waals surface area contributed by atoms with Crippen molar-refractivity contribution in [2.45, 2.75) is 12.8 Å². The minimum absolute atomic E-state index is 0.106. The van der Waals surface area contributed by atoms with Crippen molar-refractivity contribution in [2.75, 3.05) is 0 Å². The fraction of sp³-hybridized carbons (Fsp3) is 0.133. The van der Waals surface area contributed by atoms with Crippen LogP contribution in [0.15, 0.2) is 53.0 Å². The van der Waals surface area contributed by atoms with Crippen LogP contribution < -0.4 is 4.74 Å². The van der Waals surface area contributed by atoms with Gasteiger partial charge in [-0.3, -0.25) is 4.79 Å². The highest BCUT2D eigenvalue weighted by atomic mass is 79.9. The predicted molar refractivity (Wildman–Crippen MR) is 75.3 cm³/mol. The summed E-state index contributed by atoms with van der Waals surface area (Å²) in [5.74, 6) is -0.424. The number of ether oxygens (including phenoxy) is 1. The summed E-state index contributed by atoms with van der Waals surface area (Å²) in [4.78, 5) is 12.1. The lowest BCUT2D eigenvalue weighted by Crippen LogP contribution is -2.17. The number of Topliss-reactive ketones (excluding diaryl/α,β-unsaturated/α-hetero) is 1. The van der Waals surface area contributed by atoms with Gasteiger partial charge in [0.15, 0.2) is 5.78 Å². The van der Waals surface area contributed by atoms with Crippen LogP contribution in [0.25, 0.3) is 0 Å². The molecule has 2 aromatic rings. The number of alkyl halides is 3. The Kier molecular flexibility index (Phi) is 4.67. The molecule has 0 aliphatic heterocycles. The second-order valence-electron chi connectivity index (χ2n) is 4.27. The Morgan fingerprint density at radius 3 is 2.24 bits per heavy atom. The first kappa shape index (κ1) is 15.6. The monoisotopic (exact) mass is 358 g/mol. The van der Waals surface area contributed by atoms with Crippen molar-refractivity contribution >= 4 is 21.7 Å². The van der Waals surface area contributed by atoms with E-state index in [-0.39, 0.29) is 18.0 Å². The second kappa shape index (κ2) is 6.30. The first-order valence-electron chi connectivity index (χ1n) is 5.97. The van der Waals surface area contributed by atoms with Crippen molar-refractivity contribution in [3.63, 3.8) is 0 Å². The van der Waals surface area contributed by atoms with Gasteiger partial charge in [-0.1, -0.05) is 46.3 Å². The summed E-state index contributed by atoms with van der Waals surface area (Å²) in [7, 11) is 0. The zero-order chi connectivity index (χ0) is 15.5. The van der Waals surface area contributed by atoms with E-state index in [1.54, 1.807) is 24.3 Å². The largest absolute Gasteiger partial charge is 0.573 e. The topological polar surface area (TPSA) is 26.3 Å². The minimum atomic E-state index is -4.72. The van der Waals surface area contributed by atoms with Gasteiger partial charge in [0.05, 0.1) is 0 Å². The molecule has 0 saturated heterocycles. The van der Waals surface area contributed by atoms with Crippen LogP contribution in [0.2, 0.25) is 0 Å². The van der Waals surface area contributed by atoms with E-state index < -0.39 is 6.36 Å². The molecule has 0 amide bonds. The third kappa shape index (κ3) is 4.60. The Balaban J connectivity index is 2.07. The number of hydrogen-bond acceptors (Lipinski definition) is 2. The van der Waals surface area contributed by atoms with Crippen LogP contribution in [0.4, 0.5) is 13.2 Å². The van der Waals surface area contributed by atoms with E-state index in [0.717, 1.165) is 0 Å². The molecule has 0 heterocycles. The lowest BCUT2D eigenvalue weighted by atomic mass is 10.0. The molecular formula is C15H10BrF3O2. The number of benzene rings is 2. The number of carbonyl (C=O) groups is 1. The highest BCUT2D eigenvalue weighted by Gasteiger charge is 2.30. The fourth-order valence-electron chi connectivity index (χ4n) is 1.78. The summed E-state index contributed by atoms with van der Waals surface area (Å²) >= 11 is 3.29. The van der Waals surface area contributed by atoms with Gasteiger partial charge in [0.2, 0.25) is 0 Å². The van der Waals surface area contributed by atoms with Gasteiger partial charge in [-0.2, -0.15) is 0 Å². The van der Waals surface area contributed by atoms with E-state index in [1.165, 1.54) is 24.3 Å². The van der Waals surface area contributed by atoms with E-state index in [0.29, 0.717) is 15.6 Å². The van der Waals surface area contributed by atoms with E-state index in [2.05, 4.69) is 20.7 Å². The molecule has 2 nitrogen and oxygen atoms in total. The molecule has 0 bridgehead atoms. The van der Waals surface area contributed by atoms with Crippen molar-refractivity contribution in [3.05, 3.63) is 64.1 Å². The Hall–Kier alpha value is -1.82.